The molecule has 0 unspecified atom stereocenters. The van der Waals surface area contributed by atoms with Gasteiger partial charge in [-0.1, -0.05) is 170 Å². The lowest BCUT2D eigenvalue weighted by Gasteiger charge is -2.18. The van der Waals surface area contributed by atoms with Crippen molar-refractivity contribution in [3.8, 4) is 33.4 Å². The molecule has 0 saturated heterocycles. The van der Waals surface area contributed by atoms with Crippen LogP contribution < -0.4 is 0 Å². The second-order valence-electron chi connectivity index (χ2n) is 14.7. The van der Waals surface area contributed by atoms with Gasteiger partial charge in [0.2, 0.25) is 0 Å². The molecule has 12 aromatic rings. The van der Waals surface area contributed by atoms with Crippen LogP contribution in [0.25, 0.3) is 118 Å². The van der Waals surface area contributed by atoms with E-state index in [1.807, 2.05) is 11.3 Å². The Bertz CT molecular complexity index is 3530. The maximum absolute atomic E-state index is 2.45. The molecule has 0 aliphatic carbocycles. The van der Waals surface area contributed by atoms with E-state index < -0.39 is 0 Å². The predicted octanol–water partition coefficient (Wildman–Crippen LogP) is 16.0. The van der Waals surface area contributed by atoms with Crippen molar-refractivity contribution >= 4 is 96.1 Å². The van der Waals surface area contributed by atoms with Crippen LogP contribution in [0.5, 0.6) is 0 Å². The van der Waals surface area contributed by atoms with Crippen LogP contribution in [0.1, 0.15) is 0 Å². The summed E-state index contributed by atoms with van der Waals surface area (Å²) in [5.74, 6) is 0. The number of hydrogen-bond donors (Lipinski definition) is 0. The van der Waals surface area contributed by atoms with E-state index in [1.54, 1.807) is 0 Å². The molecule has 1 heteroatoms. The van der Waals surface area contributed by atoms with Crippen molar-refractivity contribution in [2.24, 2.45) is 0 Å². The van der Waals surface area contributed by atoms with Crippen molar-refractivity contribution in [2.45, 2.75) is 0 Å². The van der Waals surface area contributed by atoms with E-state index in [0.717, 1.165) is 0 Å². The summed E-state index contributed by atoms with van der Waals surface area (Å²) in [4.78, 5) is 0. The zero-order valence-electron chi connectivity index (χ0n) is 29.9. The third kappa shape index (κ3) is 4.51. The zero-order valence-corrected chi connectivity index (χ0v) is 30.7. The minimum atomic E-state index is 1.23. The van der Waals surface area contributed by atoms with E-state index in [-0.39, 0.29) is 0 Å². The standard InChI is InChI=1S/C54H32S/c1-2-13-33(14-3-1)34-27-29-45-48(31-34)40-15-4-6-17-43(40)54-46-30-28-35(32-49(46)41-16-5-7-18-44(41)53(45)54)36-20-10-22-38-37(36)21-11-23-39(38)42-24-12-26-51-52(42)47-19-8-9-25-50(47)55-51/h1-32H. The van der Waals surface area contributed by atoms with Gasteiger partial charge in [0, 0.05) is 20.2 Å². The Morgan fingerprint density at radius 3 is 1.40 bits per heavy atom. The van der Waals surface area contributed by atoms with Crippen LogP contribution in [-0.4, -0.2) is 0 Å². The number of rotatable bonds is 3. The Labute approximate surface area is 322 Å². The second-order valence-corrected chi connectivity index (χ2v) is 15.8. The Morgan fingerprint density at radius 1 is 0.218 bits per heavy atom. The smallest absolute Gasteiger partial charge is 0.0361 e. The van der Waals surface area contributed by atoms with Crippen molar-refractivity contribution in [2.75, 3.05) is 0 Å². The molecule has 12 rings (SSSR count). The summed E-state index contributed by atoms with van der Waals surface area (Å²) in [6.45, 7) is 0. The number of benzene rings is 11. The third-order valence-corrected chi connectivity index (χ3v) is 13.0. The molecule has 0 bridgehead atoms. The summed E-state index contributed by atoms with van der Waals surface area (Å²) in [5.41, 5.74) is 7.54. The van der Waals surface area contributed by atoms with Crippen molar-refractivity contribution < 1.29 is 0 Å². The van der Waals surface area contributed by atoms with Crippen LogP contribution in [0.2, 0.25) is 0 Å². The van der Waals surface area contributed by atoms with Crippen molar-refractivity contribution in [1.29, 1.82) is 0 Å². The Balaban J connectivity index is 1.12. The lowest BCUT2D eigenvalue weighted by atomic mass is 9.85. The highest BCUT2D eigenvalue weighted by Crippen LogP contribution is 2.47. The topological polar surface area (TPSA) is 0 Å². The summed E-state index contributed by atoms with van der Waals surface area (Å²) in [6.07, 6.45) is 0. The first-order valence-corrected chi connectivity index (χ1v) is 19.8. The Morgan fingerprint density at radius 2 is 0.691 bits per heavy atom. The maximum Gasteiger partial charge on any atom is 0.0361 e. The molecule has 0 atom stereocenters. The molecule has 0 saturated carbocycles. The van der Waals surface area contributed by atoms with Crippen molar-refractivity contribution in [1.82, 2.24) is 0 Å². The van der Waals surface area contributed by atoms with E-state index >= 15 is 0 Å². The van der Waals surface area contributed by atoms with Crippen LogP contribution in [0, 0.1) is 0 Å². The normalized spacial score (nSPS) is 12.0. The fourth-order valence-corrected chi connectivity index (χ4v) is 10.6. The summed E-state index contributed by atoms with van der Waals surface area (Å²) in [6, 6.07) is 72.2. The van der Waals surface area contributed by atoms with Gasteiger partial charge in [-0.25, -0.2) is 0 Å². The molecule has 0 spiro atoms. The summed E-state index contributed by atoms with van der Waals surface area (Å²) >= 11 is 1.88. The second kappa shape index (κ2) is 11.9. The van der Waals surface area contributed by atoms with E-state index in [2.05, 4.69) is 194 Å². The van der Waals surface area contributed by atoms with Gasteiger partial charge in [0.15, 0.2) is 0 Å². The lowest BCUT2D eigenvalue weighted by molar-refractivity contribution is 1.65. The average Bonchev–Trinajstić information content (AvgIpc) is 3.65. The summed E-state index contributed by atoms with van der Waals surface area (Å²) in [7, 11) is 0. The SMILES string of the molecule is c1ccc(-c2ccc3c(c2)c2ccccc2c2c4ccc(-c5cccc6c(-c7cccc8sc9ccccc9c78)cccc56)cc4c4ccccc4c32)cc1. The minimum absolute atomic E-state index is 1.23. The molecule has 0 amide bonds. The van der Waals surface area contributed by atoms with Gasteiger partial charge in [-0.15, -0.1) is 11.3 Å². The monoisotopic (exact) mass is 712 g/mol. The van der Waals surface area contributed by atoms with Gasteiger partial charge < -0.3 is 0 Å². The molecule has 0 nitrogen and oxygen atoms in total. The number of fused-ring (bicyclic) bond motifs is 15. The highest BCUT2D eigenvalue weighted by molar-refractivity contribution is 7.25. The molecule has 0 N–H and O–H groups in total. The molecular weight excluding hydrogens is 681 g/mol. The summed E-state index contributed by atoms with van der Waals surface area (Å²) < 4.78 is 2.66. The molecule has 254 valence electrons. The van der Waals surface area contributed by atoms with E-state index in [1.165, 1.54) is 118 Å². The zero-order chi connectivity index (χ0) is 36.0. The van der Waals surface area contributed by atoms with Gasteiger partial charge in [-0.05, 0) is 122 Å². The first-order chi connectivity index (χ1) is 27.3. The number of thiophene rings is 1. The maximum atomic E-state index is 2.45. The molecule has 55 heavy (non-hydrogen) atoms. The first kappa shape index (κ1) is 30.6. The quantitative estimate of drug-likeness (QED) is 0.160. The molecule has 0 fully saturated rings. The van der Waals surface area contributed by atoms with Gasteiger partial charge in [-0.3, -0.25) is 0 Å². The van der Waals surface area contributed by atoms with Gasteiger partial charge in [-0.2, -0.15) is 0 Å². The van der Waals surface area contributed by atoms with Crippen molar-refractivity contribution in [3.05, 3.63) is 194 Å². The highest BCUT2D eigenvalue weighted by atomic mass is 32.1. The van der Waals surface area contributed by atoms with Crippen LogP contribution in [-0.2, 0) is 0 Å². The van der Waals surface area contributed by atoms with Crippen LogP contribution in [0.4, 0.5) is 0 Å². The minimum Gasteiger partial charge on any atom is -0.135 e. The Kier molecular flexibility index (Phi) is 6.60. The molecule has 1 aromatic heterocycles. The van der Waals surface area contributed by atoms with Crippen molar-refractivity contribution in [3.63, 3.8) is 0 Å². The first-order valence-electron chi connectivity index (χ1n) is 19.0. The molecule has 1 heterocycles. The lowest BCUT2D eigenvalue weighted by Crippen LogP contribution is -1.90. The fourth-order valence-electron chi connectivity index (χ4n) is 9.44. The van der Waals surface area contributed by atoms with Crippen LogP contribution in [0.3, 0.4) is 0 Å². The molecular formula is C54H32S. The van der Waals surface area contributed by atoms with Crippen LogP contribution in [0.15, 0.2) is 194 Å². The molecule has 0 aliphatic rings. The van der Waals surface area contributed by atoms with E-state index in [4.69, 9.17) is 0 Å². The average molecular weight is 713 g/mol. The fraction of sp³-hybridized carbons (Fsp3) is 0. The summed E-state index contributed by atoms with van der Waals surface area (Å²) in [5, 5.41) is 18.2. The molecule has 0 radical (unpaired) electrons. The predicted molar refractivity (Wildman–Crippen MR) is 241 cm³/mol. The highest BCUT2D eigenvalue weighted by Gasteiger charge is 2.18. The van der Waals surface area contributed by atoms with Gasteiger partial charge in [0.1, 0.15) is 0 Å². The largest absolute Gasteiger partial charge is 0.135 e. The van der Waals surface area contributed by atoms with E-state index in [9.17, 15) is 0 Å². The van der Waals surface area contributed by atoms with Crippen LogP contribution >= 0.6 is 11.3 Å². The molecule has 11 aromatic carbocycles. The number of hydrogen-bond acceptors (Lipinski definition) is 1. The van der Waals surface area contributed by atoms with Gasteiger partial charge >= 0.3 is 0 Å². The van der Waals surface area contributed by atoms with Gasteiger partial charge in [0.05, 0.1) is 0 Å². The Hall–Kier alpha value is -6.80. The molecule has 0 aliphatic heterocycles. The third-order valence-electron chi connectivity index (χ3n) is 11.8. The van der Waals surface area contributed by atoms with E-state index in [0.29, 0.717) is 0 Å². The van der Waals surface area contributed by atoms with Gasteiger partial charge in [0.25, 0.3) is 0 Å².